The molecule has 1 amide bonds. The highest BCUT2D eigenvalue weighted by Crippen LogP contribution is 2.48. The van der Waals surface area contributed by atoms with E-state index < -0.39 is 42.6 Å². The number of piperazine rings is 1. The number of amides is 1. The predicted molar refractivity (Wildman–Crippen MR) is 149 cm³/mol. The van der Waals surface area contributed by atoms with E-state index in [1.54, 1.807) is 7.05 Å². The summed E-state index contributed by atoms with van der Waals surface area (Å²) in [6, 6.07) is 0.175. The molecule has 6 unspecified atom stereocenters. The van der Waals surface area contributed by atoms with Gasteiger partial charge in [-0.15, -0.1) is 23.2 Å². The third kappa shape index (κ3) is 8.81. The van der Waals surface area contributed by atoms with Crippen LogP contribution in [-0.2, 0) is 4.79 Å². The largest absolute Gasteiger partial charge is 0.391 e. The minimum Gasteiger partial charge on any atom is -0.344 e. The van der Waals surface area contributed by atoms with E-state index in [-0.39, 0.29) is 48.4 Å². The lowest BCUT2D eigenvalue weighted by Gasteiger charge is -2.46. The number of carbonyl (C=O) groups excluding carboxylic acids is 1. The van der Waals surface area contributed by atoms with Crippen molar-refractivity contribution in [2.24, 2.45) is 23.7 Å². The second kappa shape index (κ2) is 14.1. The molecule has 0 aromatic carbocycles. The first-order valence-corrected chi connectivity index (χ1v) is 16.3. The summed E-state index contributed by atoms with van der Waals surface area (Å²) in [7, 11) is 1.63. The number of carbonyl (C=O) groups is 1. The average Bonchev–Trinajstić information content (AvgIpc) is 2.93. The van der Waals surface area contributed by atoms with Crippen LogP contribution in [0.25, 0.3) is 0 Å². The van der Waals surface area contributed by atoms with Crippen LogP contribution in [-0.4, -0.2) is 95.6 Å². The van der Waals surface area contributed by atoms with E-state index in [2.05, 4.69) is 9.80 Å². The first kappa shape index (κ1) is 33.4. The number of nitrogens with zero attached hydrogens (tertiary/aromatic N) is 3. The zero-order valence-electron chi connectivity index (χ0n) is 23.9. The Hall–Kier alpha value is -0.450. The molecule has 0 bridgehead atoms. The SMILES string of the molecule is CN(CCC1CC(C(F)(F)F)CC(C(F)(F)F)C1)C(=O)C(C1CCC(Cl)C(Cl)C1)N1CCN(C2CCCCC2)CC1. The Morgan fingerprint density at radius 2 is 1.39 bits per heavy atom. The Kier molecular flexibility index (Phi) is 11.5. The molecular weight excluding hydrogens is 591 g/mol. The summed E-state index contributed by atoms with van der Waals surface area (Å²) >= 11 is 12.9. The van der Waals surface area contributed by atoms with Crippen LogP contribution in [0, 0.1) is 23.7 Å². The summed E-state index contributed by atoms with van der Waals surface area (Å²) in [5, 5.41) is -0.403. The van der Waals surface area contributed by atoms with E-state index in [0.29, 0.717) is 18.9 Å². The maximum Gasteiger partial charge on any atom is 0.391 e. The van der Waals surface area contributed by atoms with Crippen LogP contribution < -0.4 is 0 Å². The predicted octanol–water partition coefficient (Wildman–Crippen LogP) is 7.33. The zero-order chi connectivity index (χ0) is 29.9. The molecule has 0 aromatic heterocycles. The van der Waals surface area contributed by atoms with Gasteiger partial charge in [-0.25, -0.2) is 0 Å². The van der Waals surface area contributed by atoms with Gasteiger partial charge in [0.15, 0.2) is 0 Å². The van der Waals surface area contributed by atoms with Gasteiger partial charge in [0.1, 0.15) is 0 Å². The van der Waals surface area contributed by atoms with Gasteiger partial charge in [0, 0.05) is 51.2 Å². The number of halogens is 8. The van der Waals surface area contributed by atoms with Crippen molar-refractivity contribution in [1.82, 2.24) is 14.7 Å². The highest BCUT2D eigenvalue weighted by molar-refractivity contribution is 6.30. The molecule has 0 spiro atoms. The molecule has 4 nitrogen and oxygen atoms in total. The molecule has 6 atom stereocenters. The normalized spacial score (nSPS) is 34.4. The third-order valence-electron chi connectivity index (χ3n) is 10.2. The van der Waals surface area contributed by atoms with Gasteiger partial charge in [-0.05, 0) is 69.6 Å². The van der Waals surface area contributed by atoms with Gasteiger partial charge >= 0.3 is 12.4 Å². The fourth-order valence-electron chi connectivity index (χ4n) is 7.80. The van der Waals surface area contributed by atoms with Crippen molar-refractivity contribution in [2.75, 3.05) is 39.8 Å². The van der Waals surface area contributed by atoms with Crippen molar-refractivity contribution in [1.29, 1.82) is 0 Å². The van der Waals surface area contributed by atoms with Crippen LogP contribution in [0.5, 0.6) is 0 Å². The standard InChI is InChI=1S/C29H45Cl2F6N3O/c1-38(10-9-19-15-21(28(32,33)34)18-22(16-19)29(35,36)37)27(41)26(20-7-8-24(30)25(31)17-20)40-13-11-39(12-14-40)23-5-3-2-4-6-23/h19-26H,2-18H2,1H3. The Morgan fingerprint density at radius 1 is 0.805 bits per heavy atom. The van der Waals surface area contributed by atoms with Crippen molar-refractivity contribution >= 4 is 29.1 Å². The first-order valence-electron chi connectivity index (χ1n) is 15.4. The summed E-state index contributed by atoms with van der Waals surface area (Å²) in [4.78, 5) is 20.3. The maximum atomic E-state index is 14.0. The lowest BCUT2D eigenvalue weighted by molar-refractivity contribution is -0.229. The van der Waals surface area contributed by atoms with E-state index in [0.717, 1.165) is 32.6 Å². The molecule has 0 N–H and O–H groups in total. The Bertz CT molecular complexity index is 825. The van der Waals surface area contributed by atoms with E-state index in [1.807, 2.05) is 0 Å². The van der Waals surface area contributed by atoms with E-state index in [4.69, 9.17) is 23.2 Å². The first-order chi connectivity index (χ1) is 19.2. The molecule has 1 saturated heterocycles. The van der Waals surface area contributed by atoms with Crippen molar-refractivity contribution < 1.29 is 31.1 Å². The molecule has 0 radical (unpaired) electrons. The Balaban J connectivity index is 1.41. The van der Waals surface area contributed by atoms with Crippen LogP contribution in [0.4, 0.5) is 26.3 Å². The Labute approximate surface area is 250 Å². The Morgan fingerprint density at radius 3 is 1.93 bits per heavy atom. The van der Waals surface area contributed by atoms with E-state index >= 15 is 0 Å². The number of likely N-dealkylation sites (N-methyl/N-ethyl adjacent to an activating group) is 1. The van der Waals surface area contributed by atoms with Crippen molar-refractivity contribution in [2.45, 2.75) is 112 Å². The summed E-state index contributed by atoms with van der Waals surface area (Å²) < 4.78 is 80.8. The molecule has 0 aromatic rings. The second-order valence-corrected chi connectivity index (χ2v) is 14.1. The maximum absolute atomic E-state index is 14.0. The highest BCUT2D eigenvalue weighted by Gasteiger charge is 2.52. The fraction of sp³-hybridized carbons (Fsp3) is 0.966. The summed E-state index contributed by atoms with van der Waals surface area (Å²) in [5.41, 5.74) is 0. The van der Waals surface area contributed by atoms with Crippen LogP contribution in [0.15, 0.2) is 0 Å². The van der Waals surface area contributed by atoms with Crippen LogP contribution in [0.3, 0.4) is 0 Å². The van der Waals surface area contributed by atoms with Gasteiger partial charge in [-0.1, -0.05) is 19.3 Å². The van der Waals surface area contributed by atoms with Crippen molar-refractivity contribution in [3.05, 3.63) is 0 Å². The van der Waals surface area contributed by atoms with Gasteiger partial charge < -0.3 is 4.90 Å². The van der Waals surface area contributed by atoms with E-state index in [1.165, 1.54) is 37.0 Å². The summed E-state index contributed by atoms with van der Waals surface area (Å²) in [5.74, 6) is -4.79. The average molecular weight is 637 g/mol. The second-order valence-electron chi connectivity index (χ2n) is 13.0. The molecule has 1 heterocycles. The number of hydrogen-bond acceptors (Lipinski definition) is 3. The molecule has 41 heavy (non-hydrogen) atoms. The van der Waals surface area contributed by atoms with Gasteiger partial charge in [0.2, 0.25) is 5.91 Å². The van der Waals surface area contributed by atoms with Gasteiger partial charge in [-0.2, -0.15) is 26.3 Å². The van der Waals surface area contributed by atoms with Crippen molar-refractivity contribution in [3.8, 4) is 0 Å². The van der Waals surface area contributed by atoms with Crippen LogP contribution in [0.1, 0.15) is 77.0 Å². The molecule has 4 aliphatic rings. The lowest BCUT2D eigenvalue weighted by atomic mass is 9.73. The third-order valence-corrected chi connectivity index (χ3v) is 11.4. The number of rotatable bonds is 7. The molecule has 1 aliphatic heterocycles. The topological polar surface area (TPSA) is 26.8 Å². The molecule has 4 fully saturated rings. The van der Waals surface area contributed by atoms with Gasteiger partial charge in [0.05, 0.1) is 23.3 Å². The minimum absolute atomic E-state index is 0.00239. The monoisotopic (exact) mass is 635 g/mol. The quantitative estimate of drug-likeness (QED) is 0.217. The highest BCUT2D eigenvalue weighted by atomic mass is 35.5. The molecule has 238 valence electrons. The zero-order valence-corrected chi connectivity index (χ0v) is 25.4. The molecule has 12 heteroatoms. The number of alkyl halides is 8. The van der Waals surface area contributed by atoms with Gasteiger partial charge in [-0.3, -0.25) is 14.6 Å². The summed E-state index contributed by atoms with van der Waals surface area (Å²) in [6.45, 7) is 3.39. The molecule has 4 rings (SSSR count). The van der Waals surface area contributed by atoms with Crippen molar-refractivity contribution in [3.63, 3.8) is 0 Å². The van der Waals surface area contributed by atoms with Crippen LogP contribution >= 0.6 is 23.2 Å². The molecule has 3 saturated carbocycles. The fourth-order valence-corrected chi connectivity index (χ4v) is 8.38. The van der Waals surface area contributed by atoms with Crippen LogP contribution in [0.2, 0.25) is 0 Å². The van der Waals surface area contributed by atoms with Gasteiger partial charge in [0.25, 0.3) is 0 Å². The molecular formula is C29H45Cl2F6N3O. The molecule has 3 aliphatic carbocycles. The minimum atomic E-state index is -4.66. The number of hydrogen-bond donors (Lipinski definition) is 0. The van der Waals surface area contributed by atoms with E-state index in [9.17, 15) is 31.1 Å². The summed E-state index contributed by atoms with van der Waals surface area (Å²) in [6.07, 6.45) is -2.46. The lowest BCUT2D eigenvalue weighted by Crippen LogP contribution is -2.59. The smallest absolute Gasteiger partial charge is 0.344 e.